The van der Waals surface area contributed by atoms with Gasteiger partial charge in [-0.1, -0.05) is 34.8 Å². The average molecular weight is 379 g/mol. The largest absolute Gasteiger partial charge is 2.00 e. The molecule has 0 amide bonds. The van der Waals surface area contributed by atoms with Crippen molar-refractivity contribution in [2.24, 2.45) is 0 Å². The van der Waals surface area contributed by atoms with Gasteiger partial charge in [-0.3, -0.25) is 0 Å². The van der Waals surface area contributed by atoms with Crippen molar-refractivity contribution in [3.05, 3.63) is 0 Å². The zero-order chi connectivity index (χ0) is 14.2. The first-order valence-corrected chi connectivity index (χ1v) is 6.75. The molecule has 0 radical (unpaired) electrons. The topological polar surface area (TPSA) is 193 Å². The standard InChI is InChI=1S/C2H3Cl3O.Ca.2H3O4P/c3-2(4,5)1-6;;2*1-5(2,3)4/h6H,1H2;;2*(H3,1,2,3,4)/q;+2;;/p-6. The van der Waals surface area contributed by atoms with E-state index in [1.165, 1.54) is 0 Å². The zero-order valence-electron chi connectivity index (χ0n) is 7.66. The molecule has 0 heterocycles. The van der Waals surface area contributed by atoms with Crippen LogP contribution in [0.4, 0.5) is 0 Å². The molecule has 9 nitrogen and oxygen atoms in total. The van der Waals surface area contributed by atoms with Crippen LogP contribution in [-0.2, 0) is 9.13 Å². The molecule has 17 heavy (non-hydrogen) atoms. The number of hydrogen-bond donors (Lipinski definition) is 1. The molecule has 0 aromatic heterocycles. The molecule has 0 rings (SSSR count). The van der Waals surface area contributed by atoms with Gasteiger partial charge in [0.15, 0.2) is 0 Å². The maximum absolute atomic E-state index is 8.55. The van der Waals surface area contributed by atoms with Gasteiger partial charge in [0.05, 0.1) is 6.61 Å². The van der Waals surface area contributed by atoms with E-state index in [0.717, 1.165) is 0 Å². The summed E-state index contributed by atoms with van der Waals surface area (Å²) in [5.74, 6) is 0. The van der Waals surface area contributed by atoms with Gasteiger partial charge in [0.1, 0.15) is 0 Å². The van der Waals surface area contributed by atoms with Gasteiger partial charge >= 0.3 is 37.7 Å². The van der Waals surface area contributed by atoms with Crippen molar-refractivity contribution in [3.8, 4) is 0 Å². The molecule has 0 fully saturated rings. The molecule has 102 valence electrons. The van der Waals surface area contributed by atoms with Gasteiger partial charge in [-0.25, -0.2) is 0 Å². The third-order valence-electron chi connectivity index (χ3n) is 0.179. The summed E-state index contributed by atoms with van der Waals surface area (Å²) in [7, 11) is -10.8. The van der Waals surface area contributed by atoms with Gasteiger partial charge in [-0.2, -0.15) is 15.6 Å². The van der Waals surface area contributed by atoms with Crippen molar-refractivity contribution < 1.29 is 43.6 Å². The second-order valence-corrected chi connectivity index (χ2v) is 5.97. The van der Waals surface area contributed by atoms with Crippen molar-refractivity contribution in [2.75, 3.05) is 6.61 Å². The van der Waals surface area contributed by atoms with Gasteiger partial charge in [-0.15, -0.1) is 0 Å². The number of aliphatic hydroxyl groups excluding tert-OH is 1. The second-order valence-electron chi connectivity index (χ2n) is 1.67. The molecule has 0 aliphatic heterocycles. The van der Waals surface area contributed by atoms with Crippen LogP contribution in [0.15, 0.2) is 0 Å². The predicted octanol–water partition coefficient (Wildman–Crippen LogP) is -4.68. The minimum absolute atomic E-state index is 0. The summed E-state index contributed by atoms with van der Waals surface area (Å²) in [4.78, 5) is 51.3. The predicted molar refractivity (Wildman–Crippen MR) is 48.3 cm³/mol. The third kappa shape index (κ3) is 173. The van der Waals surface area contributed by atoms with Crippen molar-refractivity contribution in [1.29, 1.82) is 0 Å². The number of aliphatic hydroxyl groups is 1. The normalized spacial score (nSPS) is 11.2. The Bertz CT molecular complexity index is 219. The van der Waals surface area contributed by atoms with Crippen LogP contribution in [0.2, 0.25) is 0 Å². The molecular formula is C2H3CaCl3O9P2-4. The maximum atomic E-state index is 8.55. The van der Waals surface area contributed by atoms with Gasteiger partial charge in [0.2, 0.25) is 3.79 Å². The van der Waals surface area contributed by atoms with Crippen LogP contribution in [0, 0.1) is 0 Å². The molecular weight excluding hydrogens is 376 g/mol. The Morgan fingerprint density at radius 1 is 0.882 bits per heavy atom. The molecule has 0 aromatic carbocycles. The average Bonchev–Trinajstić information content (AvgIpc) is 1.77. The Balaban J connectivity index is -0.0000000729. The summed E-state index contributed by atoms with van der Waals surface area (Å²) in [6, 6.07) is 0. The first-order valence-electron chi connectivity index (χ1n) is 2.70. The summed E-state index contributed by atoms with van der Waals surface area (Å²) >= 11 is 15.0. The minimum atomic E-state index is -5.39. The summed E-state index contributed by atoms with van der Waals surface area (Å²) in [5, 5.41) is 8.01. The Labute approximate surface area is 141 Å². The molecule has 0 aromatic rings. The van der Waals surface area contributed by atoms with Crippen LogP contribution in [0.25, 0.3) is 0 Å². The van der Waals surface area contributed by atoms with Crippen LogP contribution >= 0.6 is 50.4 Å². The maximum Gasteiger partial charge on any atom is 2.00 e. The molecule has 0 saturated carbocycles. The number of rotatable bonds is 0. The molecule has 0 unspecified atom stereocenters. The number of halogens is 3. The van der Waals surface area contributed by atoms with E-state index in [1.54, 1.807) is 0 Å². The number of alkyl halides is 3. The first kappa shape index (κ1) is 27.6. The third-order valence-corrected chi connectivity index (χ3v) is 0.538. The van der Waals surface area contributed by atoms with Crippen LogP contribution in [0.3, 0.4) is 0 Å². The fourth-order valence-corrected chi connectivity index (χ4v) is 0. The molecule has 1 N–H and O–H groups in total. The Morgan fingerprint density at radius 2 is 0.941 bits per heavy atom. The molecule has 15 heteroatoms. The Hall–Kier alpha value is 2.31. The molecule has 0 aliphatic rings. The van der Waals surface area contributed by atoms with E-state index in [4.69, 9.17) is 78.4 Å². The molecule has 0 bridgehead atoms. The van der Waals surface area contributed by atoms with E-state index in [2.05, 4.69) is 0 Å². The second kappa shape index (κ2) is 12.1. The fourth-order valence-electron chi connectivity index (χ4n) is 0. The molecule has 0 aliphatic carbocycles. The van der Waals surface area contributed by atoms with E-state index >= 15 is 0 Å². The first-order chi connectivity index (χ1) is 6.56. The van der Waals surface area contributed by atoms with Crippen molar-refractivity contribution >= 4 is 88.2 Å². The summed E-state index contributed by atoms with van der Waals surface area (Å²) in [6.45, 7) is -0.433. The van der Waals surface area contributed by atoms with Crippen molar-refractivity contribution in [2.45, 2.75) is 3.79 Å². The van der Waals surface area contributed by atoms with E-state index in [0.29, 0.717) is 0 Å². The number of phosphoric acid groups is 2. The van der Waals surface area contributed by atoms with E-state index in [-0.39, 0.29) is 37.7 Å². The summed E-state index contributed by atoms with van der Waals surface area (Å²) in [5.41, 5.74) is 0. The SMILES string of the molecule is O=P([O-])([O-])[O-].O=P([O-])([O-])[O-].OCC(Cl)(Cl)Cl.[Ca+2]. The van der Waals surface area contributed by atoms with Crippen LogP contribution in [-0.4, -0.2) is 53.2 Å². The minimum Gasteiger partial charge on any atom is -0.822 e. The van der Waals surface area contributed by atoms with Crippen LogP contribution in [0.1, 0.15) is 0 Å². The van der Waals surface area contributed by atoms with E-state index < -0.39 is 26.0 Å². The zero-order valence-corrected chi connectivity index (χ0v) is 13.9. The summed E-state index contributed by atoms with van der Waals surface area (Å²) in [6.07, 6.45) is 0. The van der Waals surface area contributed by atoms with Crippen molar-refractivity contribution in [3.63, 3.8) is 0 Å². The molecule has 0 spiro atoms. The van der Waals surface area contributed by atoms with E-state index in [1.807, 2.05) is 0 Å². The molecule has 0 atom stereocenters. The van der Waals surface area contributed by atoms with E-state index in [9.17, 15) is 0 Å². The quantitative estimate of drug-likeness (QED) is 0.244. The Kier molecular flexibility index (Phi) is 19.6. The van der Waals surface area contributed by atoms with Gasteiger partial charge in [0.25, 0.3) is 0 Å². The summed E-state index contributed by atoms with van der Waals surface area (Å²) < 4.78 is 15.6. The van der Waals surface area contributed by atoms with Crippen LogP contribution < -0.4 is 29.4 Å². The van der Waals surface area contributed by atoms with Crippen molar-refractivity contribution in [1.82, 2.24) is 0 Å². The van der Waals surface area contributed by atoms with Gasteiger partial charge in [-0.05, 0) is 0 Å². The van der Waals surface area contributed by atoms with Crippen LogP contribution in [0.5, 0.6) is 0 Å². The Morgan fingerprint density at radius 3 is 0.941 bits per heavy atom. The monoisotopic (exact) mass is 378 g/mol. The van der Waals surface area contributed by atoms with Gasteiger partial charge < -0.3 is 43.6 Å². The van der Waals surface area contributed by atoms with Gasteiger partial charge in [0, 0.05) is 0 Å². The smallest absolute Gasteiger partial charge is 0.822 e. The number of hydrogen-bond acceptors (Lipinski definition) is 9. The fraction of sp³-hybridized carbons (Fsp3) is 1.00. The molecule has 0 saturated heterocycles.